The van der Waals surface area contributed by atoms with Gasteiger partial charge in [0.2, 0.25) is 0 Å². The van der Waals surface area contributed by atoms with E-state index < -0.39 is 0 Å². The summed E-state index contributed by atoms with van der Waals surface area (Å²) in [5.41, 5.74) is 3.75. The minimum Gasteiger partial charge on any atom is -0.311 e. The molecular formula is C11H16ClN3. The molecule has 1 N–H and O–H groups in total. The Hall–Kier alpha value is -0.800. The van der Waals surface area contributed by atoms with Crippen LogP contribution in [-0.4, -0.2) is 28.2 Å². The van der Waals surface area contributed by atoms with E-state index in [1.165, 1.54) is 11.1 Å². The molecule has 0 aliphatic carbocycles. The van der Waals surface area contributed by atoms with Gasteiger partial charge >= 0.3 is 0 Å². The van der Waals surface area contributed by atoms with Crippen molar-refractivity contribution in [2.45, 2.75) is 18.7 Å². The zero-order valence-corrected chi connectivity index (χ0v) is 9.88. The van der Waals surface area contributed by atoms with E-state index >= 15 is 0 Å². The molecule has 0 spiro atoms. The van der Waals surface area contributed by atoms with Crippen molar-refractivity contribution < 1.29 is 0 Å². The van der Waals surface area contributed by atoms with Crippen LogP contribution in [0.15, 0.2) is 17.8 Å². The average Bonchev–Trinajstić information content (AvgIpc) is 2.45. The fraction of sp³-hybridized carbons (Fsp3) is 0.545. The summed E-state index contributed by atoms with van der Waals surface area (Å²) in [7, 11) is 1.95. The van der Waals surface area contributed by atoms with Gasteiger partial charge in [-0.2, -0.15) is 5.10 Å². The smallest absolute Gasteiger partial charge is 0.0643 e. The standard InChI is InChI=1S/C11H16ClN3/c1-8-10(7-15(2)14-8)3-9-4-11(12)6-13-5-9/h4,7,11,13H,3,5-6H2,1-2H3. The van der Waals surface area contributed by atoms with Crippen LogP contribution in [0, 0.1) is 6.92 Å². The monoisotopic (exact) mass is 225 g/mol. The van der Waals surface area contributed by atoms with Crippen molar-refractivity contribution in [1.82, 2.24) is 15.1 Å². The summed E-state index contributed by atoms with van der Waals surface area (Å²) < 4.78 is 1.86. The topological polar surface area (TPSA) is 29.9 Å². The molecule has 4 heteroatoms. The van der Waals surface area contributed by atoms with E-state index in [0.717, 1.165) is 25.2 Å². The van der Waals surface area contributed by atoms with Crippen molar-refractivity contribution in [3.05, 3.63) is 29.1 Å². The van der Waals surface area contributed by atoms with E-state index in [-0.39, 0.29) is 5.38 Å². The first-order valence-electron chi connectivity index (χ1n) is 5.18. The van der Waals surface area contributed by atoms with Crippen LogP contribution in [0.2, 0.25) is 0 Å². The van der Waals surface area contributed by atoms with Gasteiger partial charge in [0.1, 0.15) is 0 Å². The molecule has 0 saturated heterocycles. The zero-order chi connectivity index (χ0) is 10.8. The van der Waals surface area contributed by atoms with Crippen LogP contribution in [0.1, 0.15) is 11.3 Å². The molecule has 2 heterocycles. The van der Waals surface area contributed by atoms with Gasteiger partial charge in [-0.1, -0.05) is 11.6 Å². The van der Waals surface area contributed by atoms with Crippen molar-refractivity contribution in [1.29, 1.82) is 0 Å². The number of rotatable bonds is 2. The molecular weight excluding hydrogens is 210 g/mol. The molecule has 2 rings (SSSR count). The lowest BCUT2D eigenvalue weighted by atomic mass is 10.0. The number of nitrogens with zero attached hydrogens (tertiary/aromatic N) is 2. The van der Waals surface area contributed by atoms with Crippen molar-refractivity contribution >= 4 is 11.6 Å². The van der Waals surface area contributed by atoms with Crippen LogP contribution in [0.25, 0.3) is 0 Å². The molecule has 0 bridgehead atoms. The van der Waals surface area contributed by atoms with Gasteiger partial charge in [0, 0.05) is 26.3 Å². The van der Waals surface area contributed by atoms with E-state index in [0.29, 0.717) is 0 Å². The lowest BCUT2D eigenvalue weighted by Gasteiger charge is -2.17. The highest BCUT2D eigenvalue weighted by Crippen LogP contribution is 2.15. The zero-order valence-electron chi connectivity index (χ0n) is 9.13. The van der Waals surface area contributed by atoms with E-state index in [1.54, 1.807) is 0 Å². The van der Waals surface area contributed by atoms with Gasteiger partial charge in [-0.05, 0) is 18.9 Å². The lowest BCUT2D eigenvalue weighted by molar-refractivity contribution is 0.694. The molecule has 1 aliphatic heterocycles. The van der Waals surface area contributed by atoms with Gasteiger partial charge in [0.25, 0.3) is 0 Å². The van der Waals surface area contributed by atoms with Crippen molar-refractivity contribution in [3.8, 4) is 0 Å². The third-order valence-electron chi connectivity index (χ3n) is 2.64. The second kappa shape index (κ2) is 4.37. The largest absolute Gasteiger partial charge is 0.311 e. The third-order valence-corrected chi connectivity index (χ3v) is 2.92. The first kappa shape index (κ1) is 10.7. The predicted molar refractivity (Wildman–Crippen MR) is 62.2 cm³/mol. The van der Waals surface area contributed by atoms with E-state index in [1.807, 2.05) is 18.7 Å². The van der Waals surface area contributed by atoms with E-state index in [4.69, 9.17) is 11.6 Å². The molecule has 3 nitrogen and oxygen atoms in total. The quantitative estimate of drug-likeness (QED) is 0.609. The minimum absolute atomic E-state index is 0.130. The van der Waals surface area contributed by atoms with Crippen molar-refractivity contribution in [2.75, 3.05) is 13.1 Å². The van der Waals surface area contributed by atoms with Gasteiger partial charge in [0.05, 0.1) is 11.1 Å². The second-order valence-corrected chi connectivity index (χ2v) is 4.62. The summed E-state index contributed by atoms with van der Waals surface area (Å²) in [5, 5.41) is 7.77. The summed E-state index contributed by atoms with van der Waals surface area (Å²) in [6, 6.07) is 0. The number of hydrogen-bond donors (Lipinski definition) is 1. The molecule has 15 heavy (non-hydrogen) atoms. The van der Waals surface area contributed by atoms with Gasteiger partial charge in [-0.3, -0.25) is 4.68 Å². The van der Waals surface area contributed by atoms with Gasteiger partial charge in [0.15, 0.2) is 0 Å². The van der Waals surface area contributed by atoms with Crippen LogP contribution in [0.4, 0.5) is 0 Å². The molecule has 0 radical (unpaired) electrons. The molecule has 1 aromatic heterocycles. The maximum absolute atomic E-state index is 6.06. The first-order chi connectivity index (χ1) is 7.15. The van der Waals surface area contributed by atoms with Crippen LogP contribution in [0.3, 0.4) is 0 Å². The lowest BCUT2D eigenvalue weighted by Crippen LogP contribution is -2.30. The van der Waals surface area contributed by atoms with E-state index in [2.05, 4.69) is 22.7 Å². The van der Waals surface area contributed by atoms with Crippen LogP contribution in [0.5, 0.6) is 0 Å². The Morgan fingerprint density at radius 2 is 2.47 bits per heavy atom. The number of alkyl halides is 1. The Labute approximate surface area is 95.1 Å². The number of aromatic nitrogens is 2. The SMILES string of the molecule is Cc1nn(C)cc1CC1=CC(Cl)CNC1. The van der Waals surface area contributed by atoms with Gasteiger partial charge in [-0.15, -0.1) is 11.6 Å². The minimum atomic E-state index is 0.130. The van der Waals surface area contributed by atoms with Crippen molar-refractivity contribution in [2.24, 2.45) is 7.05 Å². The van der Waals surface area contributed by atoms with Gasteiger partial charge < -0.3 is 5.32 Å². The Balaban J connectivity index is 2.11. The molecule has 1 aliphatic rings. The third kappa shape index (κ3) is 2.61. The van der Waals surface area contributed by atoms with Crippen LogP contribution >= 0.6 is 11.6 Å². The number of nitrogens with one attached hydrogen (secondary N) is 1. The van der Waals surface area contributed by atoms with Crippen LogP contribution < -0.4 is 5.32 Å². The van der Waals surface area contributed by atoms with Crippen molar-refractivity contribution in [3.63, 3.8) is 0 Å². The molecule has 0 aromatic carbocycles. The molecule has 82 valence electrons. The first-order valence-corrected chi connectivity index (χ1v) is 5.62. The molecule has 1 aromatic rings. The summed E-state index contributed by atoms with van der Waals surface area (Å²) in [6.07, 6.45) is 5.19. The number of hydrogen-bond acceptors (Lipinski definition) is 2. The Morgan fingerprint density at radius 3 is 3.07 bits per heavy atom. The summed E-state index contributed by atoms with van der Waals surface area (Å²) in [4.78, 5) is 0. The highest BCUT2D eigenvalue weighted by atomic mass is 35.5. The highest BCUT2D eigenvalue weighted by molar-refractivity contribution is 6.22. The summed E-state index contributed by atoms with van der Waals surface area (Å²) >= 11 is 6.06. The highest BCUT2D eigenvalue weighted by Gasteiger charge is 2.12. The molecule has 1 atom stereocenters. The fourth-order valence-electron chi connectivity index (χ4n) is 1.93. The summed E-state index contributed by atoms with van der Waals surface area (Å²) in [5.74, 6) is 0. The van der Waals surface area contributed by atoms with E-state index in [9.17, 15) is 0 Å². The maximum Gasteiger partial charge on any atom is 0.0643 e. The molecule has 0 amide bonds. The Kier molecular flexibility index (Phi) is 3.12. The average molecular weight is 226 g/mol. The predicted octanol–water partition coefficient (Wildman–Crippen LogP) is 1.41. The fourth-order valence-corrected chi connectivity index (χ4v) is 2.22. The Bertz CT molecular complexity index is 381. The number of halogens is 1. The molecule has 0 saturated carbocycles. The molecule has 0 fully saturated rings. The molecule has 1 unspecified atom stereocenters. The summed E-state index contributed by atoms with van der Waals surface area (Å²) in [6.45, 7) is 3.86. The second-order valence-electron chi connectivity index (χ2n) is 4.06. The Morgan fingerprint density at radius 1 is 1.67 bits per heavy atom. The number of aryl methyl sites for hydroxylation is 2. The van der Waals surface area contributed by atoms with Gasteiger partial charge in [-0.25, -0.2) is 0 Å². The normalized spacial score (nSPS) is 21.5. The maximum atomic E-state index is 6.06. The van der Waals surface area contributed by atoms with Crippen LogP contribution in [-0.2, 0) is 13.5 Å².